The van der Waals surface area contributed by atoms with E-state index in [-0.39, 0.29) is 11.9 Å². The van der Waals surface area contributed by atoms with Crippen LogP contribution in [0.15, 0.2) is 25.4 Å². The summed E-state index contributed by atoms with van der Waals surface area (Å²) in [5.74, 6) is -0.106. The van der Waals surface area contributed by atoms with Crippen LogP contribution in [0, 0.1) is 0 Å². The lowest BCUT2D eigenvalue weighted by Crippen LogP contribution is -2.30. The number of hydrogen-bond donors (Lipinski definition) is 0. The molecule has 0 spiro atoms. The van der Waals surface area contributed by atoms with E-state index in [9.17, 15) is 4.79 Å². The van der Waals surface area contributed by atoms with Crippen molar-refractivity contribution in [1.29, 1.82) is 0 Å². The van der Waals surface area contributed by atoms with Gasteiger partial charge in [0, 0.05) is 12.2 Å². The Morgan fingerprint density at radius 1 is 1.50 bits per heavy atom. The largest absolute Gasteiger partial charge is 0.314 e. The molecular formula is C8H13NO. The highest BCUT2D eigenvalue weighted by Crippen LogP contribution is 1.98. The summed E-state index contributed by atoms with van der Waals surface area (Å²) in [5, 5.41) is 0. The third kappa shape index (κ3) is 2.05. The summed E-state index contributed by atoms with van der Waals surface area (Å²) in [6, 6.07) is 0.156. The first-order valence-corrected chi connectivity index (χ1v) is 3.20. The van der Waals surface area contributed by atoms with Crippen LogP contribution in [0.25, 0.3) is 0 Å². The first-order chi connectivity index (χ1) is 4.63. The molecule has 0 radical (unpaired) electrons. The van der Waals surface area contributed by atoms with Crippen LogP contribution in [0.2, 0.25) is 0 Å². The minimum Gasteiger partial charge on any atom is -0.314 e. The maximum Gasteiger partial charge on any atom is 0.250 e. The SMILES string of the molecule is C=CC(=O)N(C=C)C(C)C. The Balaban J connectivity index is 4.19. The fraction of sp³-hybridized carbons (Fsp3) is 0.375. The van der Waals surface area contributed by atoms with Crippen molar-refractivity contribution in [2.75, 3.05) is 0 Å². The molecule has 0 heterocycles. The van der Waals surface area contributed by atoms with Gasteiger partial charge in [-0.15, -0.1) is 0 Å². The number of amides is 1. The number of rotatable bonds is 3. The zero-order valence-electron chi connectivity index (χ0n) is 6.50. The predicted octanol–water partition coefficient (Wildman–Crippen LogP) is 1.55. The van der Waals surface area contributed by atoms with E-state index < -0.39 is 0 Å². The Morgan fingerprint density at radius 2 is 2.00 bits per heavy atom. The minimum absolute atomic E-state index is 0.106. The number of carbonyl (C=O) groups is 1. The molecule has 2 nitrogen and oxygen atoms in total. The first-order valence-electron chi connectivity index (χ1n) is 3.20. The first kappa shape index (κ1) is 8.95. The molecule has 0 fully saturated rings. The van der Waals surface area contributed by atoms with E-state index in [1.165, 1.54) is 17.2 Å². The number of nitrogens with zero attached hydrogens (tertiary/aromatic N) is 1. The van der Waals surface area contributed by atoms with Crippen LogP contribution < -0.4 is 0 Å². The third-order valence-corrected chi connectivity index (χ3v) is 1.18. The Kier molecular flexibility index (Phi) is 3.47. The maximum absolute atomic E-state index is 10.9. The van der Waals surface area contributed by atoms with E-state index in [1.54, 1.807) is 0 Å². The molecule has 0 bridgehead atoms. The van der Waals surface area contributed by atoms with E-state index in [2.05, 4.69) is 13.2 Å². The van der Waals surface area contributed by atoms with E-state index in [1.807, 2.05) is 13.8 Å². The van der Waals surface area contributed by atoms with Gasteiger partial charge in [0.2, 0.25) is 5.91 Å². The second kappa shape index (κ2) is 3.88. The lowest BCUT2D eigenvalue weighted by Gasteiger charge is -2.19. The standard InChI is InChI=1S/C8H13NO/c1-5-8(10)9(6-2)7(3)4/h5-7H,1-2H2,3-4H3. The third-order valence-electron chi connectivity index (χ3n) is 1.18. The van der Waals surface area contributed by atoms with Gasteiger partial charge in [-0.1, -0.05) is 13.2 Å². The van der Waals surface area contributed by atoms with Crippen molar-refractivity contribution < 1.29 is 4.79 Å². The molecule has 0 aliphatic rings. The van der Waals surface area contributed by atoms with Gasteiger partial charge in [0.15, 0.2) is 0 Å². The molecule has 0 aromatic rings. The Morgan fingerprint density at radius 3 is 2.10 bits per heavy atom. The fourth-order valence-corrected chi connectivity index (χ4v) is 0.661. The summed E-state index contributed by atoms with van der Waals surface area (Å²) in [5.41, 5.74) is 0. The average molecular weight is 139 g/mol. The topological polar surface area (TPSA) is 20.3 Å². The van der Waals surface area contributed by atoms with Crippen molar-refractivity contribution in [3.05, 3.63) is 25.4 Å². The molecule has 1 amide bonds. The smallest absolute Gasteiger partial charge is 0.250 e. The molecule has 0 rings (SSSR count). The van der Waals surface area contributed by atoms with Gasteiger partial charge in [0.25, 0.3) is 0 Å². The predicted molar refractivity (Wildman–Crippen MR) is 42.4 cm³/mol. The zero-order valence-corrected chi connectivity index (χ0v) is 6.50. The average Bonchev–Trinajstić information content (AvgIpc) is 1.88. The van der Waals surface area contributed by atoms with E-state index in [0.717, 1.165) is 0 Å². The van der Waals surface area contributed by atoms with Crippen molar-refractivity contribution >= 4 is 5.91 Å². The van der Waals surface area contributed by atoms with Crippen molar-refractivity contribution in [2.45, 2.75) is 19.9 Å². The molecule has 0 aliphatic heterocycles. The molecule has 10 heavy (non-hydrogen) atoms. The molecule has 56 valence electrons. The summed E-state index contributed by atoms with van der Waals surface area (Å²) >= 11 is 0. The van der Waals surface area contributed by atoms with E-state index in [0.29, 0.717) is 0 Å². The summed E-state index contributed by atoms with van der Waals surface area (Å²) in [6.45, 7) is 10.7. The molecule has 0 aliphatic carbocycles. The summed E-state index contributed by atoms with van der Waals surface area (Å²) in [6.07, 6.45) is 2.79. The van der Waals surface area contributed by atoms with Crippen molar-refractivity contribution in [3.63, 3.8) is 0 Å². The maximum atomic E-state index is 10.9. The van der Waals surface area contributed by atoms with E-state index >= 15 is 0 Å². The summed E-state index contributed by atoms with van der Waals surface area (Å²) in [4.78, 5) is 12.4. The van der Waals surface area contributed by atoms with Crippen LogP contribution in [0.4, 0.5) is 0 Å². The number of carbonyl (C=O) groups excluding carboxylic acids is 1. The highest BCUT2D eigenvalue weighted by Gasteiger charge is 2.08. The number of hydrogen-bond acceptors (Lipinski definition) is 1. The fourth-order valence-electron chi connectivity index (χ4n) is 0.661. The van der Waals surface area contributed by atoms with Gasteiger partial charge in [-0.2, -0.15) is 0 Å². The van der Waals surface area contributed by atoms with Crippen LogP contribution in [0.3, 0.4) is 0 Å². The summed E-state index contributed by atoms with van der Waals surface area (Å²) < 4.78 is 0. The van der Waals surface area contributed by atoms with Gasteiger partial charge >= 0.3 is 0 Å². The van der Waals surface area contributed by atoms with E-state index in [4.69, 9.17) is 0 Å². The Bertz CT molecular complexity index is 149. The Labute approximate surface area is 61.8 Å². The van der Waals surface area contributed by atoms with Gasteiger partial charge in [-0.3, -0.25) is 4.79 Å². The van der Waals surface area contributed by atoms with Crippen molar-refractivity contribution in [1.82, 2.24) is 4.90 Å². The van der Waals surface area contributed by atoms with Crippen LogP contribution in [-0.4, -0.2) is 16.8 Å². The second-order valence-corrected chi connectivity index (χ2v) is 2.23. The molecule has 0 atom stereocenters. The molecule has 0 N–H and O–H groups in total. The lowest BCUT2D eigenvalue weighted by atomic mass is 10.3. The highest BCUT2D eigenvalue weighted by atomic mass is 16.2. The normalized spacial score (nSPS) is 9.10. The lowest BCUT2D eigenvalue weighted by molar-refractivity contribution is -0.124. The van der Waals surface area contributed by atoms with Gasteiger partial charge in [0.05, 0.1) is 0 Å². The molecule has 0 aromatic carbocycles. The molecular weight excluding hydrogens is 126 g/mol. The molecule has 0 saturated carbocycles. The van der Waals surface area contributed by atoms with Gasteiger partial charge < -0.3 is 4.90 Å². The zero-order chi connectivity index (χ0) is 8.15. The molecule has 0 aromatic heterocycles. The monoisotopic (exact) mass is 139 g/mol. The Hall–Kier alpha value is -1.05. The molecule has 0 saturated heterocycles. The van der Waals surface area contributed by atoms with Crippen LogP contribution >= 0.6 is 0 Å². The molecule has 0 unspecified atom stereocenters. The molecule has 2 heteroatoms. The minimum atomic E-state index is -0.106. The highest BCUT2D eigenvalue weighted by molar-refractivity contribution is 5.87. The van der Waals surface area contributed by atoms with Gasteiger partial charge in [0.1, 0.15) is 0 Å². The quantitative estimate of drug-likeness (QED) is 0.543. The second-order valence-electron chi connectivity index (χ2n) is 2.23. The summed E-state index contributed by atoms with van der Waals surface area (Å²) in [7, 11) is 0. The van der Waals surface area contributed by atoms with Gasteiger partial charge in [-0.05, 0) is 19.9 Å². The van der Waals surface area contributed by atoms with Crippen molar-refractivity contribution in [3.8, 4) is 0 Å². The van der Waals surface area contributed by atoms with Gasteiger partial charge in [-0.25, -0.2) is 0 Å². The van der Waals surface area contributed by atoms with Crippen molar-refractivity contribution in [2.24, 2.45) is 0 Å². The van der Waals surface area contributed by atoms with Crippen LogP contribution in [-0.2, 0) is 4.79 Å². The van der Waals surface area contributed by atoms with Crippen LogP contribution in [0.1, 0.15) is 13.8 Å². The van der Waals surface area contributed by atoms with Crippen LogP contribution in [0.5, 0.6) is 0 Å².